The van der Waals surface area contributed by atoms with Gasteiger partial charge in [-0.1, -0.05) is 12.1 Å². The van der Waals surface area contributed by atoms with Crippen molar-refractivity contribution in [2.45, 2.75) is 25.2 Å². The molecule has 0 spiro atoms. The van der Waals surface area contributed by atoms with E-state index in [1.165, 1.54) is 11.6 Å². The molecule has 0 amide bonds. The van der Waals surface area contributed by atoms with Crippen molar-refractivity contribution < 1.29 is 8.81 Å². The van der Waals surface area contributed by atoms with Gasteiger partial charge in [-0.05, 0) is 58.5 Å². The number of halogens is 2. The molecule has 106 valence electrons. The molecule has 1 aliphatic heterocycles. The normalized spacial score (nSPS) is 20.4. The predicted octanol–water partition coefficient (Wildman–Crippen LogP) is 5.51. The summed E-state index contributed by atoms with van der Waals surface area (Å²) in [6, 6.07) is 5.21. The lowest BCUT2D eigenvalue weighted by Gasteiger charge is -2.28. The third-order valence-corrected chi connectivity index (χ3v) is 4.75. The van der Waals surface area contributed by atoms with Crippen molar-refractivity contribution in [1.29, 1.82) is 0 Å². The largest absolute Gasteiger partial charge is 0.470 e. The molecule has 1 atom stereocenters. The highest BCUT2D eigenvalue weighted by molar-refractivity contribution is 9.10. The summed E-state index contributed by atoms with van der Waals surface area (Å²) >= 11 is 3.28. The van der Waals surface area contributed by atoms with E-state index in [2.05, 4.69) is 22.0 Å². The van der Waals surface area contributed by atoms with Gasteiger partial charge >= 0.3 is 0 Å². The van der Waals surface area contributed by atoms with Crippen LogP contribution in [0.1, 0.15) is 36.3 Å². The highest BCUT2D eigenvalue weighted by Crippen LogP contribution is 2.45. The summed E-state index contributed by atoms with van der Waals surface area (Å²) in [5, 5.41) is 0. The predicted molar refractivity (Wildman–Crippen MR) is 83.7 cm³/mol. The van der Waals surface area contributed by atoms with E-state index in [9.17, 15) is 4.39 Å². The van der Waals surface area contributed by atoms with Crippen LogP contribution in [0.4, 0.5) is 10.1 Å². The highest BCUT2D eigenvalue weighted by Gasteiger charge is 2.31. The van der Waals surface area contributed by atoms with Crippen LogP contribution in [0.25, 0.3) is 0 Å². The zero-order valence-electron chi connectivity index (χ0n) is 11.3. The highest BCUT2D eigenvalue weighted by atomic mass is 79.9. The molecule has 2 aliphatic rings. The number of rotatable bonds is 1. The molecule has 0 unspecified atom stereocenters. The van der Waals surface area contributed by atoms with E-state index >= 15 is 0 Å². The van der Waals surface area contributed by atoms with Gasteiger partial charge in [0.1, 0.15) is 17.8 Å². The Bertz CT molecular complexity index is 775. The number of benzene rings is 1. The van der Waals surface area contributed by atoms with Crippen molar-refractivity contribution in [3.8, 4) is 0 Å². The summed E-state index contributed by atoms with van der Waals surface area (Å²) in [6.07, 6.45) is 8.91. The molecule has 0 N–H and O–H groups in total. The van der Waals surface area contributed by atoms with Gasteiger partial charge in [-0.15, -0.1) is 0 Å². The van der Waals surface area contributed by atoms with Gasteiger partial charge in [-0.25, -0.2) is 9.38 Å². The first kappa shape index (κ1) is 13.0. The average Bonchev–Trinajstić information content (AvgIpc) is 2.95. The summed E-state index contributed by atoms with van der Waals surface area (Å²) in [4.78, 5) is 4.71. The Kier molecular flexibility index (Phi) is 3.07. The van der Waals surface area contributed by atoms with Gasteiger partial charge < -0.3 is 4.42 Å². The van der Waals surface area contributed by atoms with E-state index in [1.54, 1.807) is 12.5 Å². The third kappa shape index (κ3) is 2.09. The molecule has 21 heavy (non-hydrogen) atoms. The van der Waals surface area contributed by atoms with Crippen LogP contribution < -0.4 is 0 Å². The second-order valence-corrected chi connectivity index (χ2v) is 6.28. The fourth-order valence-corrected chi connectivity index (χ4v) is 3.56. The van der Waals surface area contributed by atoms with Crippen molar-refractivity contribution in [3.05, 3.63) is 63.8 Å². The Morgan fingerprint density at radius 3 is 3.05 bits per heavy atom. The standard InChI is InChI=1S/C17H13BrFNO/c18-13-7-10(5-6-14(13)19)17-11-3-1-2-4-15(11)20-16-9-21-8-12(16)17/h3,5-9,17H,1-2,4H2/t17-/m1/s1. The average molecular weight is 346 g/mol. The minimum atomic E-state index is -0.242. The number of allylic oxidation sites excluding steroid dienone is 2. The van der Waals surface area contributed by atoms with E-state index in [-0.39, 0.29) is 11.7 Å². The first-order chi connectivity index (χ1) is 10.2. The van der Waals surface area contributed by atoms with Crippen LogP contribution in [0, 0.1) is 5.82 Å². The Morgan fingerprint density at radius 2 is 2.19 bits per heavy atom. The van der Waals surface area contributed by atoms with Crippen LogP contribution >= 0.6 is 15.9 Å². The monoisotopic (exact) mass is 345 g/mol. The van der Waals surface area contributed by atoms with Crippen LogP contribution in [0.3, 0.4) is 0 Å². The summed E-state index contributed by atoms with van der Waals surface area (Å²) in [5.41, 5.74) is 5.40. The molecule has 4 rings (SSSR count). The quantitative estimate of drug-likeness (QED) is 0.668. The molecule has 1 aromatic heterocycles. The van der Waals surface area contributed by atoms with E-state index in [0.29, 0.717) is 4.47 Å². The van der Waals surface area contributed by atoms with E-state index < -0.39 is 0 Å². The third-order valence-electron chi connectivity index (χ3n) is 4.14. The van der Waals surface area contributed by atoms with E-state index in [1.807, 2.05) is 12.1 Å². The van der Waals surface area contributed by atoms with Crippen molar-refractivity contribution in [2.24, 2.45) is 4.99 Å². The number of furan rings is 1. The molecule has 0 fully saturated rings. The fraction of sp³-hybridized carbons (Fsp3) is 0.235. The molecule has 0 saturated heterocycles. The molecule has 2 nitrogen and oxygen atoms in total. The van der Waals surface area contributed by atoms with Gasteiger partial charge in [0, 0.05) is 17.2 Å². The molecule has 0 saturated carbocycles. The Hall–Kier alpha value is -1.68. The van der Waals surface area contributed by atoms with Crippen LogP contribution in [-0.2, 0) is 0 Å². The number of hydrogen-bond donors (Lipinski definition) is 0. The van der Waals surface area contributed by atoms with Crippen molar-refractivity contribution in [2.75, 3.05) is 0 Å². The summed E-state index contributed by atoms with van der Waals surface area (Å²) < 4.78 is 19.4. The van der Waals surface area contributed by atoms with E-state index in [4.69, 9.17) is 9.41 Å². The molecule has 4 heteroatoms. The van der Waals surface area contributed by atoms with Gasteiger partial charge in [-0.3, -0.25) is 0 Å². The number of nitrogens with zero attached hydrogens (tertiary/aromatic N) is 1. The van der Waals surface area contributed by atoms with E-state index in [0.717, 1.165) is 41.8 Å². The first-order valence-electron chi connectivity index (χ1n) is 7.03. The second kappa shape index (κ2) is 4.95. The molecule has 2 heterocycles. The van der Waals surface area contributed by atoms with Crippen molar-refractivity contribution in [1.82, 2.24) is 0 Å². The fourth-order valence-electron chi connectivity index (χ4n) is 3.17. The van der Waals surface area contributed by atoms with Crippen LogP contribution in [-0.4, -0.2) is 5.71 Å². The van der Waals surface area contributed by atoms with Gasteiger partial charge in [0.2, 0.25) is 0 Å². The minimum Gasteiger partial charge on any atom is -0.470 e. The zero-order valence-corrected chi connectivity index (χ0v) is 12.9. The van der Waals surface area contributed by atoms with Gasteiger partial charge in [0.05, 0.1) is 10.7 Å². The Morgan fingerprint density at radius 1 is 1.29 bits per heavy atom. The smallest absolute Gasteiger partial charge is 0.137 e. The summed E-state index contributed by atoms with van der Waals surface area (Å²) in [7, 11) is 0. The molecule has 1 aliphatic carbocycles. The second-order valence-electron chi connectivity index (χ2n) is 5.43. The van der Waals surface area contributed by atoms with Gasteiger partial charge in [0.25, 0.3) is 0 Å². The lowest BCUT2D eigenvalue weighted by Crippen LogP contribution is -2.19. The van der Waals surface area contributed by atoms with Gasteiger partial charge in [-0.2, -0.15) is 0 Å². The Labute approximate surface area is 130 Å². The number of hydrogen-bond acceptors (Lipinski definition) is 2. The summed E-state index contributed by atoms with van der Waals surface area (Å²) in [6.45, 7) is 0. The molecule has 1 aromatic carbocycles. The van der Waals surface area contributed by atoms with Crippen molar-refractivity contribution >= 4 is 27.3 Å². The number of aliphatic imine (C=N–C) groups is 1. The lowest BCUT2D eigenvalue weighted by atomic mass is 9.78. The summed E-state index contributed by atoms with van der Waals surface area (Å²) in [5.74, 6) is -0.156. The molecule has 0 bridgehead atoms. The Balaban J connectivity index is 1.91. The van der Waals surface area contributed by atoms with Gasteiger partial charge in [0.15, 0.2) is 0 Å². The molecule has 2 aromatic rings. The maximum Gasteiger partial charge on any atom is 0.137 e. The minimum absolute atomic E-state index is 0.0865. The van der Waals surface area contributed by atoms with Crippen LogP contribution in [0.2, 0.25) is 0 Å². The SMILES string of the molecule is Fc1ccc([C@@H]2C3=CCCCC3=Nc3cocc32)cc1Br. The topological polar surface area (TPSA) is 25.5 Å². The van der Waals surface area contributed by atoms with Crippen LogP contribution in [0.5, 0.6) is 0 Å². The maximum absolute atomic E-state index is 13.5. The molecule has 0 radical (unpaired) electrons. The molecular weight excluding hydrogens is 333 g/mol. The first-order valence-corrected chi connectivity index (χ1v) is 7.82. The molecular formula is C17H13BrFNO. The zero-order chi connectivity index (χ0) is 14.4. The van der Waals surface area contributed by atoms with Crippen LogP contribution in [0.15, 0.2) is 56.3 Å². The number of fused-ring (bicyclic) bond motifs is 2. The maximum atomic E-state index is 13.5. The van der Waals surface area contributed by atoms with Crippen molar-refractivity contribution in [3.63, 3.8) is 0 Å². The lowest BCUT2D eigenvalue weighted by molar-refractivity contribution is 0.564.